The first kappa shape index (κ1) is 23.8. The molecule has 5 nitrogen and oxygen atoms in total. The van der Waals surface area contributed by atoms with Crippen molar-refractivity contribution in [3.05, 3.63) is 99.8 Å². The van der Waals surface area contributed by atoms with Gasteiger partial charge in [-0.15, -0.1) is 0 Å². The van der Waals surface area contributed by atoms with E-state index >= 15 is 0 Å². The Kier molecular flexibility index (Phi) is 7.70. The number of benzene rings is 2. The van der Waals surface area contributed by atoms with E-state index < -0.39 is 17.6 Å². The van der Waals surface area contributed by atoms with Gasteiger partial charge < -0.3 is 10.1 Å². The number of hydrogen-bond acceptors (Lipinski definition) is 4. The third-order valence-electron chi connectivity index (χ3n) is 4.46. The average molecular weight is 472 g/mol. The number of amides is 1. The SMILES string of the molecule is N#CC(=Cc1cc(Cl)ccc1OCc1cccc(C(F)(F)F)c1)C(=O)NCc1cccnc1. The molecule has 1 N–H and O–H groups in total. The predicted molar refractivity (Wildman–Crippen MR) is 117 cm³/mol. The molecular weight excluding hydrogens is 455 g/mol. The van der Waals surface area contributed by atoms with E-state index in [1.807, 2.05) is 6.07 Å². The van der Waals surface area contributed by atoms with Crippen LogP contribution in [0.4, 0.5) is 13.2 Å². The molecule has 0 unspecified atom stereocenters. The normalized spacial score (nSPS) is 11.5. The number of carbonyl (C=O) groups is 1. The first-order valence-electron chi connectivity index (χ1n) is 9.63. The maximum absolute atomic E-state index is 12.9. The van der Waals surface area contributed by atoms with Crippen LogP contribution in [0.5, 0.6) is 5.75 Å². The van der Waals surface area contributed by atoms with Crippen LogP contribution in [-0.4, -0.2) is 10.9 Å². The van der Waals surface area contributed by atoms with Crippen LogP contribution >= 0.6 is 11.6 Å². The number of halogens is 4. The number of pyridine rings is 1. The summed E-state index contributed by atoms with van der Waals surface area (Å²) in [4.78, 5) is 16.4. The fraction of sp³-hybridized carbons (Fsp3) is 0.125. The molecule has 2 aromatic carbocycles. The molecule has 0 atom stereocenters. The number of hydrogen-bond donors (Lipinski definition) is 1. The van der Waals surface area contributed by atoms with Gasteiger partial charge in [0.25, 0.3) is 5.91 Å². The molecule has 0 aliphatic heterocycles. The number of ether oxygens (including phenoxy) is 1. The Bertz CT molecular complexity index is 1210. The Morgan fingerprint density at radius 1 is 1.15 bits per heavy atom. The van der Waals surface area contributed by atoms with Crippen LogP contribution < -0.4 is 10.1 Å². The highest BCUT2D eigenvalue weighted by molar-refractivity contribution is 6.30. The van der Waals surface area contributed by atoms with Crippen LogP contribution in [0.3, 0.4) is 0 Å². The second-order valence-corrected chi connectivity index (χ2v) is 7.32. The maximum Gasteiger partial charge on any atom is 0.416 e. The summed E-state index contributed by atoms with van der Waals surface area (Å²) in [6.45, 7) is 0.0294. The summed E-state index contributed by atoms with van der Waals surface area (Å²) in [5.74, 6) is -0.352. The molecule has 33 heavy (non-hydrogen) atoms. The van der Waals surface area contributed by atoms with Gasteiger partial charge in [-0.2, -0.15) is 18.4 Å². The smallest absolute Gasteiger partial charge is 0.416 e. The minimum atomic E-state index is -4.46. The van der Waals surface area contributed by atoms with Crippen molar-refractivity contribution in [1.82, 2.24) is 10.3 Å². The summed E-state index contributed by atoms with van der Waals surface area (Å²) in [6.07, 6.45) is 0.0414. The van der Waals surface area contributed by atoms with Gasteiger partial charge >= 0.3 is 6.18 Å². The third kappa shape index (κ3) is 6.82. The minimum Gasteiger partial charge on any atom is -0.488 e. The van der Waals surface area contributed by atoms with Crippen molar-refractivity contribution in [2.75, 3.05) is 0 Å². The van der Waals surface area contributed by atoms with E-state index in [0.29, 0.717) is 16.1 Å². The molecule has 1 amide bonds. The van der Waals surface area contributed by atoms with Crippen LogP contribution in [-0.2, 0) is 24.1 Å². The van der Waals surface area contributed by atoms with Crippen LogP contribution in [0, 0.1) is 11.3 Å². The predicted octanol–water partition coefficient (Wildman–Crippen LogP) is 5.56. The van der Waals surface area contributed by atoms with E-state index in [2.05, 4.69) is 10.3 Å². The molecule has 0 aliphatic rings. The topological polar surface area (TPSA) is 75.0 Å². The Balaban J connectivity index is 1.77. The molecule has 0 spiro atoms. The van der Waals surface area contributed by atoms with Crippen molar-refractivity contribution in [2.24, 2.45) is 0 Å². The lowest BCUT2D eigenvalue weighted by Crippen LogP contribution is -2.24. The lowest BCUT2D eigenvalue weighted by atomic mass is 10.1. The lowest BCUT2D eigenvalue weighted by Gasteiger charge is -2.12. The van der Waals surface area contributed by atoms with Gasteiger partial charge in [0.05, 0.1) is 5.56 Å². The summed E-state index contributed by atoms with van der Waals surface area (Å²) >= 11 is 6.05. The van der Waals surface area contributed by atoms with E-state index in [1.165, 1.54) is 36.4 Å². The molecule has 0 saturated carbocycles. The summed E-state index contributed by atoms with van der Waals surface area (Å²) in [6, 6.07) is 14.7. The van der Waals surface area contributed by atoms with Gasteiger partial charge in [-0.25, -0.2) is 0 Å². The highest BCUT2D eigenvalue weighted by atomic mass is 35.5. The fourth-order valence-electron chi connectivity index (χ4n) is 2.85. The van der Waals surface area contributed by atoms with Gasteiger partial charge in [-0.1, -0.05) is 29.8 Å². The van der Waals surface area contributed by atoms with Crippen LogP contribution in [0.15, 0.2) is 72.6 Å². The maximum atomic E-state index is 12.9. The minimum absolute atomic E-state index is 0.151. The first-order valence-corrected chi connectivity index (χ1v) is 10.0. The molecule has 9 heteroatoms. The number of carbonyl (C=O) groups excluding carboxylic acids is 1. The standard InChI is InChI=1S/C24H17ClF3N3O2/c25-21-6-7-22(33-15-16-3-1-5-20(9-16)24(26,27)28)18(11-21)10-19(12-29)23(32)31-14-17-4-2-8-30-13-17/h1-11,13H,14-15H2,(H,31,32). The fourth-order valence-corrected chi connectivity index (χ4v) is 3.03. The van der Waals surface area contributed by atoms with Crippen LogP contribution in [0.25, 0.3) is 6.08 Å². The van der Waals surface area contributed by atoms with Gasteiger partial charge in [-0.3, -0.25) is 9.78 Å². The van der Waals surface area contributed by atoms with Crippen molar-refractivity contribution in [2.45, 2.75) is 19.3 Å². The monoisotopic (exact) mass is 471 g/mol. The van der Waals surface area contributed by atoms with Gasteiger partial charge in [-0.05, 0) is 53.6 Å². The zero-order chi connectivity index (χ0) is 23.8. The first-order chi connectivity index (χ1) is 15.8. The van der Waals surface area contributed by atoms with E-state index in [0.717, 1.165) is 17.7 Å². The van der Waals surface area contributed by atoms with E-state index in [-0.39, 0.29) is 24.5 Å². The zero-order valence-corrected chi connectivity index (χ0v) is 17.8. The highest BCUT2D eigenvalue weighted by Crippen LogP contribution is 2.30. The number of alkyl halides is 3. The number of nitrogens with one attached hydrogen (secondary N) is 1. The second kappa shape index (κ2) is 10.7. The van der Waals surface area contributed by atoms with Gasteiger partial charge in [0.15, 0.2) is 0 Å². The molecule has 0 fully saturated rings. The molecule has 0 saturated heterocycles. The molecule has 168 valence electrons. The number of rotatable bonds is 7. The second-order valence-electron chi connectivity index (χ2n) is 6.88. The van der Waals surface area contributed by atoms with Gasteiger partial charge in [0.1, 0.15) is 24.0 Å². The average Bonchev–Trinajstić information content (AvgIpc) is 2.80. The quantitative estimate of drug-likeness (QED) is 0.362. The van der Waals surface area contributed by atoms with Crippen molar-refractivity contribution in [1.29, 1.82) is 5.26 Å². The van der Waals surface area contributed by atoms with Crippen molar-refractivity contribution in [3.8, 4) is 11.8 Å². The molecule has 1 aromatic heterocycles. The van der Waals surface area contributed by atoms with E-state index in [1.54, 1.807) is 24.5 Å². The molecule has 3 rings (SSSR count). The molecule has 1 heterocycles. The van der Waals surface area contributed by atoms with E-state index in [4.69, 9.17) is 16.3 Å². The molecule has 0 aliphatic carbocycles. The largest absolute Gasteiger partial charge is 0.488 e. The third-order valence-corrected chi connectivity index (χ3v) is 4.70. The Hall–Kier alpha value is -3.83. The Morgan fingerprint density at radius 2 is 1.94 bits per heavy atom. The summed E-state index contributed by atoms with van der Waals surface area (Å²) in [7, 11) is 0. The zero-order valence-electron chi connectivity index (χ0n) is 17.1. The van der Waals surface area contributed by atoms with Crippen molar-refractivity contribution in [3.63, 3.8) is 0 Å². The number of nitrogens with zero attached hydrogens (tertiary/aromatic N) is 2. The van der Waals surface area contributed by atoms with Crippen molar-refractivity contribution < 1.29 is 22.7 Å². The van der Waals surface area contributed by atoms with Gasteiger partial charge in [0.2, 0.25) is 0 Å². The van der Waals surface area contributed by atoms with E-state index in [9.17, 15) is 23.2 Å². The molecule has 0 bridgehead atoms. The van der Waals surface area contributed by atoms with Crippen LogP contribution in [0.2, 0.25) is 5.02 Å². The van der Waals surface area contributed by atoms with Crippen LogP contribution in [0.1, 0.15) is 22.3 Å². The Morgan fingerprint density at radius 3 is 2.64 bits per heavy atom. The number of nitriles is 1. The molecule has 3 aromatic rings. The Labute approximate surface area is 193 Å². The summed E-state index contributed by atoms with van der Waals surface area (Å²) in [5.41, 5.74) is 0.435. The lowest BCUT2D eigenvalue weighted by molar-refractivity contribution is -0.137. The number of aromatic nitrogens is 1. The highest BCUT2D eigenvalue weighted by Gasteiger charge is 2.30. The summed E-state index contributed by atoms with van der Waals surface area (Å²) in [5, 5.41) is 12.4. The van der Waals surface area contributed by atoms with Crippen molar-refractivity contribution >= 4 is 23.6 Å². The van der Waals surface area contributed by atoms with Gasteiger partial charge in [0, 0.05) is 29.5 Å². The summed E-state index contributed by atoms with van der Waals surface area (Å²) < 4.78 is 44.5. The molecular formula is C24H17ClF3N3O2. The molecule has 0 radical (unpaired) electrons.